The second-order valence-corrected chi connectivity index (χ2v) is 7.49. The molecule has 1 aromatic rings. The monoisotopic (exact) mass is 469 g/mol. The molecule has 12 heteroatoms. The molecule has 3 amide bonds. The van der Waals surface area contributed by atoms with Crippen LogP contribution >= 0.6 is 12.6 Å². The number of benzene rings is 1. The summed E-state index contributed by atoms with van der Waals surface area (Å²) in [5.74, 6) is -3.19. The summed E-state index contributed by atoms with van der Waals surface area (Å²) >= 11 is 3.92. The largest absolute Gasteiger partial charge is 0.508 e. The van der Waals surface area contributed by atoms with E-state index in [1.54, 1.807) is 12.1 Å². The Kier molecular flexibility index (Phi) is 12.1. The molecular formula is C20H31N5O6S. The van der Waals surface area contributed by atoms with Crippen LogP contribution in [0.1, 0.15) is 24.8 Å². The first-order valence-corrected chi connectivity index (χ1v) is 10.8. The minimum absolute atomic E-state index is 0.0505. The average molecular weight is 470 g/mol. The van der Waals surface area contributed by atoms with Gasteiger partial charge in [-0.05, 0) is 43.5 Å². The second-order valence-electron chi connectivity index (χ2n) is 7.12. The van der Waals surface area contributed by atoms with E-state index in [-0.39, 0.29) is 30.9 Å². The number of aliphatic carboxylic acids is 1. The Bertz CT molecular complexity index is 776. The Labute approximate surface area is 191 Å². The third-order valence-corrected chi connectivity index (χ3v) is 4.96. The molecule has 0 aliphatic rings. The van der Waals surface area contributed by atoms with Crippen molar-refractivity contribution in [1.82, 2.24) is 16.0 Å². The summed E-state index contributed by atoms with van der Waals surface area (Å²) in [6, 6.07) is 2.79. The SMILES string of the molecule is NCCCCC(NC(=O)C(Cc1ccc(O)cc1)NC(=O)CN)C(=O)NC(CS)C(=O)O. The zero-order chi connectivity index (χ0) is 24.1. The summed E-state index contributed by atoms with van der Waals surface area (Å²) in [5, 5.41) is 26.0. The fourth-order valence-corrected chi connectivity index (χ4v) is 3.07. The van der Waals surface area contributed by atoms with Gasteiger partial charge in [0.2, 0.25) is 17.7 Å². The van der Waals surface area contributed by atoms with E-state index in [9.17, 15) is 24.3 Å². The first kappa shape index (κ1) is 27.2. The van der Waals surface area contributed by atoms with Gasteiger partial charge in [-0.2, -0.15) is 12.6 Å². The molecular weight excluding hydrogens is 438 g/mol. The number of carboxylic acids is 1. The van der Waals surface area contributed by atoms with Crippen molar-refractivity contribution >= 4 is 36.3 Å². The predicted molar refractivity (Wildman–Crippen MR) is 121 cm³/mol. The topological polar surface area (TPSA) is 197 Å². The molecule has 1 rings (SSSR count). The highest BCUT2D eigenvalue weighted by atomic mass is 32.1. The van der Waals surface area contributed by atoms with Gasteiger partial charge in [0, 0.05) is 12.2 Å². The molecule has 0 aliphatic heterocycles. The van der Waals surface area contributed by atoms with Gasteiger partial charge in [-0.1, -0.05) is 12.1 Å². The third kappa shape index (κ3) is 9.54. The molecule has 0 heterocycles. The first-order chi connectivity index (χ1) is 15.2. The molecule has 0 spiro atoms. The van der Waals surface area contributed by atoms with Gasteiger partial charge in [-0.3, -0.25) is 14.4 Å². The van der Waals surface area contributed by atoms with Crippen LogP contribution in [0.5, 0.6) is 5.75 Å². The summed E-state index contributed by atoms with van der Waals surface area (Å²) in [7, 11) is 0. The van der Waals surface area contributed by atoms with Crippen LogP contribution in [-0.2, 0) is 25.6 Å². The number of unbranched alkanes of at least 4 members (excludes halogenated alkanes) is 1. The smallest absolute Gasteiger partial charge is 0.327 e. The standard InChI is InChI=1S/C20H31N5O6S/c21-8-2-1-3-14(18(28)25-16(11-32)20(30)31)24-19(29)15(23-17(27)10-22)9-12-4-6-13(26)7-5-12/h4-7,14-16,26,32H,1-3,8-11,21-22H2,(H,23,27)(H,24,29)(H,25,28)(H,30,31). The minimum Gasteiger partial charge on any atom is -0.508 e. The van der Waals surface area contributed by atoms with E-state index in [4.69, 9.17) is 16.6 Å². The molecule has 1 aromatic carbocycles. The average Bonchev–Trinajstić information content (AvgIpc) is 2.77. The van der Waals surface area contributed by atoms with Crippen LogP contribution in [0.4, 0.5) is 0 Å². The van der Waals surface area contributed by atoms with Gasteiger partial charge in [0.05, 0.1) is 6.54 Å². The number of nitrogens with two attached hydrogens (primary N) is 2. The maximum Gasteiger partial charge on any atom is 0.327 e. The number of rotatable bonds is 14. The van der Waals surface area contributed by atoms with Crippen molar-refractivity contribution in [2.24, 2.45) is 11.5 Å². The zero-order valence-corrected chi connectivity index (χ0v) is 18.5. The zero-order valence-electron chi connectivity index (χ0n) is 17.6. The van der Waals surface area contributed by atoms with Gasteiger partial charge in [-0.25, -0.2) is 4.79 Å². The lowest BCUT2D eigenvalue weighted by molar-refractivity contribution is -0.141. The molecule has 0 aliphatic carbocycles. The van der Waals surface area contributed by atoms with Crippen LogP contribution < -0.4 is 27.4 Å². The van der Waals surface area contributed by atoms with E-state index in [0.717, 1.165) is 0 Å². The Morgan fingerprint density at radius 2 is 1.50 bits per heavy atom. The summed E-state index contributed by atoms with van der Waals surface area (Å²) < 4.78 is 0. The highest BCUT2D eigenvalue weighted by Crippen LogP contribution is 2.12. The van der Waals surface area contributed by atoms with Gasteiger partial charge < -0.3 is 37.6 Å². The molecule has 178 valence electrons. The molecule has 0 bridgehead atoms. The van der Waals surface area contributed by atoms with Crippen molar-refractivity contribution in [2.45, 2.75) is 43.8 Å². The van der Waals surface area contributed by atoms with Crippen LogP contribution in [-0.4, -0.2) is 70.9 Å². The minimum atomic E-state index is -1.25. The second kappa shape index (κ2) is 14.3. The summed E-state index contributed by atoms with van der Waals surface area (Å²) in [6.45, 7) is 0.0642. The van der Waals surface area contributed by atoms with E-state index >= 15 is 0 Å². The molecule has 0 saturated heterocycles. The van der Waals surface area contributed by atoms with E-state index in [2.05, 4.69) is 28.6 Å². The van der Waals surface area contributed by atoms with Crippen molar-refractivity contribution in [3.05, 3.63) is 29.8 Å². The van der Waals surface area contributed by atoms with Crippen molar-refractivity contribution in [1.29, 1.82) is 0 Å². The highest BCUT2D eigenvalue weighted by molar-refractivity contribution is 7.80. The first-order valence-electron chi connectivity index (χ1n) is 10.1. The molecule has 11 nitrogen and oxygen atoms in total. The molecule has 0 aromatic heterocycles. The number of phenols is 1. The molecule has 0 saturated carbocycles. The number of carboxylic acid groups (broad SMARTS) is 1. The summed E-state index contributed by atoms with van der Waals surface area (Å²) in [5.41, 5.74) is 11.5. The molecule has 3 unspecified atom stereocenters. The Hall–Kier alpha value is -2.83. The van der Waals surface area contributed by atoms with Crippen molar-refractivity contribution in [3.8, 4) is 5.75 Å². The highest BCUT2D eigenvalue weighted by Gasteiger charge is 2.29. The molecule has 0 fully saturated rings. The number of hydrogen-bond donors (Lipinski definition) is 8. The molecule has 0 radical (unpaired) electrons. The van der Waals surface area contributed by atoms with E-state index in [1.807, 2.05) is 0 Å². The third-order valence-electron chi connectivity index (χ3n) is 4.59. The fraction of sp³-hybridized carbons (Fsp3) is 0.500. The van der Waals surface area contributed by atoms with Crippen LogP contribution in [0, 0.1) is 0 Å². The number of phenolic OH excluding ortho intramolecular Hbond substituents is 1. The van der Waals surface area contributed by atoms with E-state index in [0.29, 0.717) is 24.9 Å². The fourth-order valence-electron chi connectivity index (χ4n) is 2.82. The maximum absolute atomic E-state index is 13.0. The van der Waals surface area contributed by atoms with Crippen LogP contribution in [0.2, 0.25) is 0 Å². The Morgan fingerprint density at radius 3 is 2.03 bits per heavy atom. The number of carbonyl (C=O) groups excluding carboxylic acids is 3. The van der Waals surface area contributed by atoms with Crippen molar-refractivity contribution in [3.63, 3.8) is 0 Å². The quantitative estimate of drug-likeness (QED) is 0.119. The van der Waals surface area contributed by atoms with Gasteiger partial charge >= 0.3 is 5.97 Å². The van der Waals surface area contributed by atoms with Crippen LogP contribution in [0.25, 0.3) is 0 Å². The van der Waals surface area contributed by atoms with Crippen molar-refractivity contribution in [2.75, 3.05) is 18.8 Å². The Balaban J connectivity index is 2.99. The van der Waals surface area contributed by atoms with E-state index < -0.39 is 41.8 Å². The van der Waals surface area contributed by atoms with Gasteiger partial charge in [0.25, 0.3) is 0 Å². The van der Waals surface area contributed by atoms with Crippen molar-refractivity contribution < 1.29 is 29.4 Å². The Morgan fingerprint density at radius 1 is 0.906 bits per heavy atom. The number of hydrogen-bond acceptors (Lipinski definition) is 8. The number of carbonyl (C=O) groups is 4. The lowest BCUT2D eigenvalue weighted by Gasteiger charge is -2.24. The van der Waals surface area contributed by atoms with Crippen LogP contribution in [0.3, 0.4) is 0 Å². The number of amides is 3. The number of nitrogens with one attached hydrogen (secondary N) is 3. The van der Waals surface area contributed by atoms with Gasteiger partial charge in [0.15, 0.2) is 0 Å². The maximum atomic E-state index is 13.0. The van der Waals surface area contributed by atoms with Crippen LogP contribution in [0.15, 0.2) is 24.3 Å². The molecule has 3 atom stereocenters. The lowest BCUT2D eigenvalue weighted by Crippen LogP contribution is -2.57. The summed E-state index contributed by atoms with van der Waals surface area (Å²) in [6.07, 6.45) is 1.44. The van der Waals surface area contributed by atoms with E-state index in [1.165, 1.54) is 12.1 Å². The normalized spacial score (nSPS) is 13.5. The van der Waals surface area contributed by atoms with Gasteiger partial charge in [-0.15, -0.1) is 0 Å². The lowest BCUT2D eigenvalue weighted by atomic mass is 10.0. The number of aromatic hydroxyl groups is 1. The van der Waals surface area contributed by atoms with Gasteiger partial charge in [0.1, 0.15) is 23.9 Å². The molecule has 9 N–H and O–H groups in total. The summed E-state index contributed by atoms with van der Waals surface area (Å²) in [4.78, 5) is 48.7. The predicted octanol–water partition coefficient (Wildman–Crippen LogP) is -1.51. The number of thiol groups is 1. The molecule has 32 heavy (non-hydrogen) atoms.